The number of amides is 3. The van der Waals surface area contributed by atoms with E-state index >= 15 is 0 Å². The first-order valence-electron chi connectivity index (χ1n) is 13.2. The molecule has 3 N–H and O–H groups in total. The van der Waals surface area contributed by atoms with Gasteiger partial charge >= 0.3 is 0 Å². The lowest BCUT2D eigenvalue weighted by atomic mass is 10.1. The zero-order valence-corrected chi connectivity index (χ0v) is 23.2. The van der Waals surface area contributed by atoms with Crippen LogP contribution in [-0.4, -0.2) is 63.0 Å². The monoisotopic (exact) mass is 542 g/mol. The molecular weight excluding hydrogens is 504 g/mol. The second-order valence-electron chi connectivity index (χ2n) is 9.79. The summed E-state index contributed by atoms with van der Waals surface area (Å²) in [4.78, 5) is 41.3. The first-order chi connectivity index (χ1) is 18.2. The number of carbonyl (C=O) groups is 3. The van der Waals surface area contributed by atoms with Crippen molar-refractivity contribution in [3.8, 4) is 0 Å². The number of nitrogens with two attached hydrogens (primary N) is 1. The third-order valence-electron chi connectivity index (χ3n) is 7.04. The van der Waals surface area contributed by atoms with Crippen molar-refractivity contribution in [3.63, 3.8) is 0 Å². The van der Waals surface area contributed by atoms with Crippen molar-refractivity contribution in [3.05, 3.63) is 53.3 Å². The Balaban J connectivity index is 0.000000599. The maximum absolute atomic E-state index is 12.8. The highest BCUT2D eigenvalue weighted by Gasteiger charge is 2.33. The SMILES string of the molecule is C=C/C(C)=C\N.Cn1nc(Cl)c2cc(CNC(=O)[C@@H]3CCCN3C(=O)CCCC(=O)N3CCCC3)ccc21. The topological polar surface area (TPSA) is 114 Å². The van der Waals surface area contributed by atoms with Crippen LogP contribution in [0.5, 0.6) is 0 Å². The molecule has 1 atom stereocenters. The van der Waals surface area contributed by atoms with Gasteiger partial charge in [0.15, 0.2) is 5.15 Å². The van der Waals surface area contributed by atoms with Crippen molar-refractivity contribution in [1.29, 1.82) is 0 Å². The van der Waals surface area contributed by atoms with E-state index in [4.69, 9.17) is 17.3 Å². The third-order valence-corrected chi connectivity index (χ3v) is 7.32. The number of allylic oxidation sites excluding steroid dienone is 2. The zero-order valence-electron chi connectivity index (χ0n) is 22.4. The Bertz CT molecular complexity index is 1180. The van der Waals surface area contributed by atoms with Crippen LogP contribution in [0.25, 0.3) is 10.9 Å². The van der Waals surface area contributed by atoms with Crippen LogP contribution in [-0.2, 0) is 28.0 Å². The summed E-state index contributed by atoms with van der Waals surface area (Å²) in [6.07, 6.45) is 8.08. The molecule has 3 amide bonds. The molecule has 2 saturated heterocycles. The number of likely N-dealkylation sites (tertiary alicyclic amines) is 2. The number of carbonyl (C=O) groups excluding carboxylic acids is 3. The molecule has 1 aromatic carbocycles. The largest absolute Gasteiger partial charge is 0.404 e. The first kappa shape index (κ1) is 29.2. The Hall–Kier alpha value is -3.33. The number of hydrogen-bond donors (Lipinski definition) is 2. The number of hydrogen-bond acceptors (Lipinski definition) is 5. The van der Waals surface area contributed by atoms with Crippen LogP contribution in [0.4, 0.5) is 0 Å². The predicted molar refractivity (Wildman–Crippen MR) is 150 cm³/mol. The van der Waals surface area contributed by atoms with E-state index in [0.29, 0.717) is 43.9 Å². The Morgan fingerprint density at radius 1 is 1.16 bits per heavy atom. The van der Waals surface area contributed by atoms with Gasteiger partial charge in [-0.25, -0.2) is 0 Å². The Labute approximate surface area is 229 Å². The summed E-state index contributed by atoms with van der Waals surface area (Å²) in [5, 5.41) is 8.45. The van der Waals surface area contributed by atoms with Crippen molar-refractivity contribution in [2.45, 2.75) is 64.5 Å². The van der Waals surface area contributed by atoms with E-state index in [0.717, 1.165) is 54.4 Å². The molecule has 2 aliphatic rings. The number of halogens is 1. The smallest absolute Gasteiger partial charge is 0.243 e. The Kier molecular flexibility index (Phi) is 10.8. The number of rotatable bonds is 8. The molecule has 38 heavy (non-hydrogen) atoms. The van der Waals surface area contributed by atoms with Crippen LogP contribution in [0.3, 0.4) is 0 Å². The van der Waals surface area contributed by atoms with Crippen molar-refractivity contribution >= 4 is 40.2 Å². The number of fused-ring (bicyclic) bond motifs is 1. The van der Waals surface area contributed by atoms with Gasteiger partial charge in [0, 0.05) is 51.5 Å². The van der Waals surface area contributed by atoms with E-state index in [-0.39, 0.29) is 17.7 Å². The van der Waals surface area contributed by atoms with Gasteiger partial charge in [-0.3, -0.25) is 19.1 Å². The maximum Gasteiger partial charge on any atom is 0.243 e. The molecule has 0 bridgehead atoms. The molecule has 2 aliphatic heterocycles. The summed E-state index contributed by atoms with van der Waals surface area (Å²) in [7, 11) is 1.84. The average Bonchev–Trinajstić information content (AvgIpc) is 3.68. The van der Waals surface area contributed by atoms with Crippen LogP contribution in [0, 0.1) is 0 Å². The van der Waals surface area contributed by atoms with Gasteiger partial charge in [0.1, 0.15) is 6.04 Å². The molecule has 0 aliphatic carbocycles. The number of nitrogens with zero attached hydrogens (tertiary/aromatic N) is 4. The van der Waals surface area contributed by atoms with Crippen molar-refractivity contribution in [2.75, 3.05) is 19.6 Å². The van der Waals surface area contributed by atoms with Crippen LogP contribution in [0.1, 0.15) is 57.4 Å². The van der Waals surface area contributed by atoms with Gasteiger partial charge in [-0.05, 0) is 68.5 Å². The normalized spacial score (nSPS) is 17.3. The molecule has 3 heterocycles. The van der Waals surface area contributed by atoms with E-state index in [1.54, 1.807) is 15.7 Å². The van der Waals surface area contributed by atoms with Crippen molar-refractivity contribution in [1.82, 2.24) is 24.9 Å². The Morgan fingerprint density at radius 2 is 1.87 bits per heavy atom. The second-order valence-corrected chi connectivity index (χ2v) is 10.1. The van der Waals surface area contributed by atoms with Crippen molar-refractivity contribution < 1.29 is 14.4 Å². The lowest BCUT2D eigenvalue weighted by Crippen LogP contribution is -2.45. The number of aryl methyl sites for hydroxylation is 1. The van der Waals surface area contributed by atoms with E-state index < -0.39 is 6.04 Å². The summed E-state index contributed by atoms with van der Waals surface area (Å²) in [6.45, 7) is 8.00. The summed E-state index contributed by atoms with van der Waals surface area (Å²) >= 11 is 6.18. The molecule has 0 spiro atoms. The van der Waals surface area contributed by atoms with Crippen LogP contribution < -0.4 is 11.1 Å². The predicted octanol–water partition coefficient (Wildman–Crippen LogP) is 3.66. The Morgan fingerprint density at radius 3 is 2.53 bits per heavy atom. The molecular formula is C28H39ClN6O3. The molecule has 1 aromatic heterocycles. The lowest BCUT2D eigenvalue weighted by molar-refractivity contribution is -0.138. The summed E-state index contributed by atoms with van der Waals surface area (Å²) in [5.41, 5.74) is 7.92. The fourth-order valence-corrected chi connectivity index (χ4v) is 5.02. The fourth-order valence-electron chi connectivity index (χ4n) is 4.75. The molecule has 9 nitrogen and oxygen atoms in total. The van der Waals surface area contributed by atoms with Crippen LogP contribution >= 0.6 is 11.6 Å². The molecule has 206 valence electrons. The lowest BCUT2D eigenvalue weighted by Gasteiger charge is -2.24. The first-order valence-corrected chi connectivity index (χ1v) is 13.6. The van der Waals surface area contributed by atoms with Crippen LogP contribution in [0.15, 0.2) is 42.6 Å². The average molecular weight is 543 g/mol. The maximum atomic E-state index is 12.8. The quantitative estimate of drug-likeness (QED) is 0.494. The minimum Gasteiger partial charge on any atom is -0.404 e. The molecule has 2 aromatic rings. The molecule has 10 heteroatoms. The molecule has 0 unspecified atom stereocenters. The number of nitrogens with one attached hydrogen (secondary N) is 1. The van der Waals surface area contributed by atoms with E-state index in [9.17, 15) is 14.4 Å². The summed E-state index contributed by atoms with van der Waals surface area (Å²) < 4.78 is 1.72. The van der Waals surface area contributed by atoms with Gasteiger partial charge in [0.2, 0.25) is 17.7 Å². The zero-order chi connectivity index (χ0) is 27.7. The fraction of sp³-hybridized carbons (Fsp3) is 0.500. The van der Waals surface area contributed by atoms with Crippen LogP contribution in [0.2, 0.25) is 5.15 Å². The second kappa shape index (κ2) is 14.0. The summed E-state index contributed by atoms with van der Waals surface area (Å²) in [5.74, 6) is -0.0430. The van der Waals surface area contributed by atoms with Gasteiger partial charge in [0.25, 0.3) is 0 Å². The molecule has 0 saturated carbocycles. The highest BCUT2D eigenvalue weighted by atomic mass is 35.5. The minimum absolute atomic E-state index is 0.0413. The van der Waals surface area contributed by atoms with E-state index in [1.807, 2.05) is 37.1 Å². The van der Waals surface area contributed by atoms with Gasteiger partial charge in [0.05, 0.1) is 5.52 Å². The minimum atomic E-state index is -0.442. The highest BCUT2D eigenvalue weighted by Crippen LogP contribution is 2.24. The third kappa shape index (κ3) is 7.60. The molecule has 4 rings (SSSR count). The number of aromatic nitrogens is 2. The van der Waals surface area contributed by atoms with Gasteiger partial charge < -0.3 is 20.9 Å². The number of benzene rings is 1. The van der Waals surface area contributed by atoms with Gasteiger partial charge in [-0.15, -0.1) is 0 Å². The highest BCUT2D eigenvalue weighted by molar-refractivity contribution is 6.34. The van der Waals surface area contributed by atoms with Gasteiger partial charge in [-0.2, -0.15) is 5.10 Å². The van der Waals surface area contributed by atoms with E-state index in [1.165, 1.54) is 6.20 Å². The van der Waals surface area contributed by atoms with Gasteiger partial charge in [-0.1, -0.05) is 30.3 Å². The standard InChI is InChI=1S/C23H30ClN5O3.C5H9N/c1-27-18-10-9-16(14-17(18)22(24)26-27)15-25-23(32)19-6-5-13-29(19)21(31)8-4-7-20(30)28-11-2-3-12-28;1-3-5(2)4-6/h9-10,14,19H,2-8,11-13,15H2,1H3,(H,25,32);3-4H,1,6H2,2H3/b;5-4-/t19-;/m0./s1. The summed E-state index contributed by atoms with van der Waals surface area (Å²) in [6, 6.07) is 5.36. The van der Waals surface area contributed by atoms with Crippen molar-refractivity contribution in [2.24, 2.45) is 12.8 Å². The van der Waals surface area contributed by atoms with E-state index in [2.05, 4.69) is 17.0 Å². The molecule has 0 radical (unpaired) electrons. The molecule has 2 fully saturated rings.